The molecule has 8 rings (SSSR count). The average molecular weight is 946 g/mol. The quantitative estimate of drug-likeness (QED) is 0.0491. The summed E-state index contributed by atoms with van der Waals surface area (Å²) in [6.07, 6.45) is -7.22. The first-order valence-electron chi connectivity index (χ1n) is 18.2. The van der Waals surface area contributed by atoms with Gasteiger partial charge in [-0.1, -0.05) is 42.5 Å². The maximum absolute atomic E-state index is 15.4. The van der Waals surface area contributed by atoms with Gasteiger partial charge in [0.25, 0.3) is 0 Å². The lowest BCUT2D eigenvalue weighted by Crippen LogP contribution is -2.81. The van der Waals surface area contributed by atoms with Gasteiger partial charge in [0.15, 0.2) is 69.8 Å². The van der Waals surface area contributed by atoms with E-state index in [2.05, 4.69) is 91.0 Å². The van der Waals surface area contributed by atoms with Crippen LogP contribution in [0.15, 0.2) is 91.0 Å². The van der Waals surface area contributed by atoms with Gasteiger partial charge in [-0.3, -0.25) is 0 Å². The van der Waals surface area contributed by atoms with Crippen LogP contribution >= 0.6 is 0 Å². The summed E-state index contributed by atoms with van der Waals surface area (Å²) in [7, 11) is 0. The van der Waals surface area contributed by atoms with E-state index in [-0.39, 0.29) is 0 Å². The maximum Gasteiger partial charge on any atom is 0.200 e. The van der Waals surface area contributed by atoms with Crippen LogP contribution in [-0.4, -0.2) is 6.15 Å². The summed E-state index contributed by atoms with van der Waals surface area (Å²) in [6.45, 7) is 0. The first kappa shape index (κ1) is 46.8. The van der Waals surface area contributed by atoms with Gasteiger partial charge in [0.1, 0.15) is 69.4 Å². The van der Waals surface area contributed by atoms with Gasteiger partial charge in [-0.05, 0) is 48.5 Å². The molecule has 0 spiro atoms. The minimum absolute atomic E-state index is 1.30. The second-order valence-electron chi connectivity index (χ2n) is 14.0. The SMILES string of the molecule is Fc1c(F)c(F)c([B-](c2c(F)c(F)c(F)c(F)c2F)(c2c(F)c(F)c(F)c(F)c2F)c2c(F)c(F)c(F)c(F)c2F)c(F)c1F.c1ccc(-c2c(-c3ccccc3)[c+]2-c2ccccc2)cc1. The zero-order valence-electron chi connectivity index (χ0n) is 31.8. The summed E-state index contributed by atoms with van der Waals surface area (Å²) in [5.74, 6) is -71.4. The lowest BCUT2D eigenvalue weighted by Gasteiger charge is -2.44. The summed E-state index contributed by atoms with van der Waals surface area (Å²) in [5.41, 5.74) is -6.28. The molecule has 0 unspecified atom stereocenters. The molecule has 0 aliphatic carbocycles. The Kier molecular flexibility index (Phi) is 12.3. The van der Waals surface area contributed by atoms with Crippen LogP contribution in [0, 0.1) is 116 Å². The Morgan fingerprint density at radius 3 is 0.621 bits per heavy atom. The molecule has 21 heteroatoms. The van der Waals surface area contributed by atoms with Crippen molar-refractivity contribution in [3.63, 3.8) is 0 Å². The highest BCUT2D eigenvalue weighted by molar-refractivity contribution is 7.20. The van der Waals surface area contributed by atoms with Crippen molar-refractivity contribution in [1.82, 2.24) is 0 Å². The van der Waals surface area contributed by atoms with Crippen molar-refractivity contribution in [2.45, 2.75) is 0 Å². The molecule has 0 nitrogen and oxygen atoms in total. The van der Waals surface area contributed by atoms with Gasteiger partial charge in [0.2, 0.25) is 0 Å². The number of benzene rings is 7. The first-order valence-corrected chi connectivity index (χ1v) is 18.2. The van der Waals surface area contributed by atoms with Gasteiger partial charge in [-0.15, -0.1) is 21.9 Å². The molecule has 0 radical (unpaired) electrons. The average Bonchev–Trinajstić information content (AvgIpc) is 4.08. The smallest absolute Gasteiger partial charge is 0.200 e. The van der Waals surface area contributed by atoms with E-state index < -0.39 is 144 Å². The van der Waals surface area contributed by atoms with E-state index in [1.807, 2.05) is 0 Å². The summed E-state index contributed by atoms with van der Waals surface area (Å²) in [4.78, 5) is 0. The molecular weight excluding hydrogens is 931 g/mol. The van der Waals surface area contributed by atoms with Gasteiger partial charge in [-0.2, -0.15) is 0 Å². The fourth-order valence-corrected chi connectivity index (χ4v) is 7.74. The third-order valence-electron chi connectivity index (χ3n) is 10.6. The third-order valence-corrected chi connectivity index (χ3v) is 10.6. The molecule has 8 aromatic carbocycles. The highest BCUT2D eigenvalue weighted by Gasteiger charge is 2.52. The van der Waals surface area contributed by atoms with E-state index in [0.29, 0.717) is 0 Å². The topological polar surface area (TPSA) is 0 Å². The molecular formula is C45H15BF20. The van der Waals surface area contributed by atoms with Crippen molar-refractivity contribution in [3.05, 3.63) is 207 Å². The number of hydrogen-bond acceptors (Lipinski definition) is 0. The molecule has 0 atom stereocenters. The van der Waals surface area contributed by atoms with Crippen LogP contribution in [0.25, 0.3) is 33.4 Å². The minimum Gasteiger partial charge on any atom is -0.207 e. The fraction of sp³-hybridized carbons (Fsp3) is 0. The Balaban J connectivity index is 0.000000254. The number of rotatable bonds is 7. The van der Waals surface area contributed by atoms with Crippen LogP contribution in [-0.2, 0) is 0 Å². The van der Waals surface area contributed by atoms with E-state index in [4.69, 9.17) is 0 Å². The Hall–Kier alpha value is -7.19. The van der Waals surface area contributed by atoms with Crippen LogP contribution in [0.1, 0.15) is 0 Å². The molecule has 66 heavy (non-hydrogen) atoms. The number of halogens is 20. The van der Waals surface area contributed by atoms with Gasteiger partial charge in [0.05, 0.1) is 16.7 Å². The molecule has 0 aromatic heterocycles. The van der Waals surface area contributed by atoms with Gasteiger partial charge in [-0.25, -0.2) is 87.8 Å². The van der Waals surface area contributed by atoms with Crippen molar-refractivity contribution in [2.24, 2.45) is 0 Å². The molecule has 0 heterocycles. The highest BCUT2D eigenvalue weighted by atomic mass is 19.2. The van der Waals surface area contributed by atoms with Crippen LogP contribution in [0.5, 0.6) is 0 Å². The molecule has 0 fully saturated rings. The van der Waals surface area contributed by atoms with Gasteiger partial charge < -0.3 is 0 Å². The lowest BCUT2D eigenvalue weighted by molar-refractivity contribution is 0.378. The van der Waals surface area contributed by atoms with Crippen molar-refractivity contribution < 1.29 is 87.8 Å². The highest BCUT2D eigenvalue weighted by Crippen LogP contribution is 2.54. The Labute approximate surface area is 356 Å². The van der Waals surface area contributed by atoms with Crippen LogP contribution < -0.4 is 21.9 Å². The Bertz CT molecular complexity index is 2660. The Morgan fingerprint density at radius 2 is 0.409 bits per heavy atom. The van der Waals surface area contributed by atoms with Crippen molar-refractivity contribution in [1.29, 1.82) is 0 Å². The molecule has 0 saturated heterocycles. The standard InChI is InChI=1S/C24BF20.C21H15/c26-5-1(6(27)14(35)21(42)13(5)34)25(2-7(28)15(36)22(43)16(37)8(2)29,3-9(30)17(38)23(44)18(39)10(3)31)4-11(32)19(40)24(45)20(41)12(4)33;1-4-10-16(11-5-1)19-20(17-12-6-2-7-13-17)21(19)18-14-8-3-9-15-18/h;1-15H/q-1;+1. The van der Waals surface area contributed by atoms with E-state index in [1.54, 1.807) is 0 Å². The summed E-state index contributed by atoms with van der Waals surface area (Å²) in [6, 6.07) is 31.9. The maximum atomic E-state index is 15.4. The predicted molar refractivity (Wildman–Crippen MR) is 199 cm³/mol. The Morgan fingerprint density at radius 1 is 0.227 bits per heavy atom. The van der Waals surface area contributed by atoms with E-state index in [1.165, 1.54) is 33.4 Å². The van der Waals surface area contributed by atoms with E-state index >= 15 is 35.1 Å². The van der Waals surface area contributed by atoms with E-state index in [0.717, 1.165) is 0 Å². The normalized spacial score (nSPS) is 11.6. The van der Waals surface area contributed by atoms with Gasteiger partial charge >= 0.3 is 0 Å². The molecule has 0 aliphatic rings. The number of hydrogen-bond donors (Lipinski definition) is 0. The largest absolute Gasteiger partial charge is 0.207 e. The van der Waals surface area contributed by atoms with Gasteiger partial charge in [0, 0.05) is 0 Å². The fourth-order valence-electron chi connectivity index (χ4n) is 7.74. The van der Waals surface area contributed by atoms with Crippen LogP contribution in [0.3, 0.4) is 0 Å². The molecule has 8 aromatic rings. The van der Waals surface area contributed by atoms with Crippen LogP contribution in [0.2, 0.25) is 0 Å². The molecule has 0 N–H and O–H groups in total. The van der Waals surface area contributed by atoms with Crippen molar-refractivity contribution in [2.75, 3.05) is 0 Å². The zero-order valence-corrected chi connectivity index (χ0v) is 31.8. The second kappa shape index (κ2) is 17.3. The molecule has 0 bridgehead atoms. The molecule has 338 valence electrons. The predicted octanol–water partition coefficient (Wildman–Crippen LogP) is 11.7. The van der Waals surface area contributed by atoms with Crippen molar-refractivity contribution in [3.8, 4) is 33.4 Å². The zero-order chi connectivity index (χ0) is 48.4. The molecule has 0 aliphatic heterocycles. The lowest BCUT2D eigenvalue weighted by atomic mass is 9.12. The third kappa shape index (κ3) is 7.02. The first-order chi connectivity index (χ1) is 31.2. The molecule has 0 amide bonds. The van der Waals surface area contributed by atoms with Crippen molar-refractivity contribution >= 4 is 28.0 Å². The monoisotopic (exact) mass is 946 g/mol. The second-order valence-corrected chi connectivity index (χ2v) is 14.0. The summed E-state index contributed by atoms with van der Waals surface area (Å²) in [5, 5.41) is 0. The molecule has 0 saturated carbocycles. The summed E-state index contributed by atoms with van der Waals surface area (Å²) >= 11 is 0. The minimum atomic E-state index is -7.22. The van der Waals surface area contributed by atoms with Crippen LogP contribution in [0.4, 0.5) is 87.8 Å². The van der Waals surface area contributed by atoms with E-state index in [9.17, 15) is 52.7 Å². The summed E-state index contributed by atoms with van der Waals surface area (Å²) < 4.78 is 294.